The molecule has 0 atom stereocenters. The van der Waals surface area contributed by atoms with Gasteiger partial charge in [0.25, 0.3) is 0 Å². The second kappa shape index (κ2) is 5.42. The van der Waals surface area contributed by atoms with Gasteiger partial charge >= 0.3 is 0 Å². The summed E-state index contributed by atoms with van der Waals surface area (Å²) in [5.74, 6) is 0. The molecule has 18 heavy (non-hydrogen) atoms. The molecule has 2 aromatic carbocycles. The maximum Gasteiger partial charge on any atom is 0.153 e. The van der Waals surface area contributed by atoms with E-state index in [1.54, 1.807) is 0 Å². The van der Waals surface area contributed by atoms with Crippen molar-refractivity contribution in [2.45, 2.75) is 13.8 Å². The highest BCUT2D eigenvalue weighted by atomic mass is 79.9. The molecule has 0 saturated heterocycles. The first kappa shape index (κ1) is 13.6. The minimum atomic E-state index is -2.56. The number of hydrogen-bond acceptors (Lipinski definition) is 1. The van der Waals surface area contributed by atoms with E-state index in [2.05, 4.69) is 15.9 Å². The molecule has 0 amide bonds. The fraction of sp³-hybridized carbons (Fsp3) is 0.200. The van der Waals surface area contributed by atoms with Gasteiger partial charge in [-0.1, -0.05) is 64.5 Å². The van der Waals surface area contributed by atoms with Gasteiger partial charge in [-0.3, -0.25) is 0 Å². The summed E-state index contributed by atoms with van der Waals surface area (Å²) in [6.45, 7) is 4.03. The van der Waals surface area contributed by atoms with Crippen molar-refractivity contribution in [1.29, 1.82) is 0 Å². The van der Waals surface area contributed by atoms with E-state index in [1.807, 2.05) is 62.4 Å². The Kier molecular flexibility index (Phi) is 4.09. The van der Waals surface area contributed by atoms with Gasteiger partial charge < -0.3 is 4.57 Å². The molecule has 0 N–H and O–H groups in total. The van der Waals surface area contributed by atoms with Gasteiger partial charge in [0.2, 0.25) is 0 Å². The monoisotopic (exact) mass is 322 g/mol. The van der Waals surface area contributed by atoms with Crippen LogP contribution < -0.4 is 10.6 Å². The van der Waals surface area contributed by atoms with Crippen molar-refractivity contribution in [2.75, 3.05) is 5.07 Å². The second-order valence-corrected chi connectivity index (χ2v) is 8.62. The zero-order valence-corrected chi connectivity index (χ0v) is 13.0. The van der Waals surface area contributed by atoms with Gasteiger partial charge in [0.15, 0.2) is 7.14 Å². The third-order valence-electron chi connectivity index (χ3n) is 3.18. The fourth-order valence-corrected chi connectivity index (χ4v) is 6.28. The topological polar surface area (TPSA) is 17.1 Å². The molecule has 94 valence electrons. The fourth-order valence-electron chi connectivity index (χ4n) is 2.20. The van der Waals surface area contributed by atoms with Crippen molar-refractivity contribution in [3.05, 3.63) is 59.7 Å². The number of halogens is 1. The van der Waals surface area contributed by atoms with Gasteiger partial charge in [-0.25, -0.2) is 0 Å². The lowest BCUT2D eigenvalue weighted by Crippen LogP contribution is -2.21. The number of aryl methyl sites for hydroxylation is 2. The van der Waals surface area contributed by atoms with Crippen LogP contribution in [0.4, 0.5) is 0 Å². The minimum Gasteiger partial charge on any atom is -0.313 e. The molecule has 2 rings (SSSR count). The van der Waals surface area contributed by atoms with Gasteiger partial charge in [0.05, 0.1) is 5.07 Å². The average molecular weight is 323 g/mol. The molecule has 0 heterocycles. The van der Waals surface area contributed by atoms with E-state index >= 15 is 0 Å². The predicted octanol–water partition coefficient (Wildman–Crippen LogP) is 3.97. The molecule has 0 aliphatic carbocycles. The van der Waals surface area contributed by atoms with Gasteiger partial charge in [0.1, 0.15) is 0 Å². The minimum absolute atomic E-state index is 0.482. The SMILES string of the molecule is Cc1ccccc1P(=O)(CBr)c1ccccc1C. The molecule has 1 nitrogen and oxygen atoms in total. The molecule has 0 aromatic heterocycles. The van der Waals surface area contributed by atoms with Crippen LogP contribution >= 0.6 is 23.1 Å². The van der Waals surface area contributed by atoms with E-state index in [9.17, 15) is 4.57 Å². The Balaban J connectivity index is 2.68. The second-order valence-electron chi connectivity index (χ2n) is 4.43. The summed E-state index contributed by atoms with van der Waals surface area (Å²) >= 11 is 3.45. The number of benzene rings is 2. The molecule has 3 heteroatoms. The van der Waals surface area contributed by atoms with Crippen LogP contribution in [0.25, 0.3) is 0 Å². The van der Waals surface area contributed by atoms with Crippen molar-refractivity contribution in [3.8, 4) is 0 Å². The summed E-state index contributed by atoms with van der Waals surface area (Å²) in [6.07, 6.45) is 0. The van der Waals surface area contributed by atoms with E-state index in [0.717, 1.165) is 21.7 Å². The molecule has 0 spiro atoms. The lowest BCUT2D eigenvalue weighted by molar-refractivity contribution is 0.590. The Bertz CT molecular complexity index is 557. The number of hydrogen-bond donors (Lipinski definition) is 0. The first-order valence-corrected chi connectivity index (χ1v) is 8.88. The maximum absolute atomic E-state index is 13.4. The van der Waals surface area contributed by atoms with E-state index in [0.29, 0.717) is 5.07 Å². The number of rotatable bonds is 3. The van der Waals surface area contributed by atoms with Crippen LogP contribution in [0.1, 0.15) is 11.1 Å². The summed E-state index contributed by atoms with van der Waals surface area (Å²) in [4.78, 5) is 0. The van der Waals surface area contributed by atoms with Crippen molar-refractivity contribution in [1.82, 2.24) is 0 Å². The van der Waals surface area contributed by atoms with E-state index in [4.69, 9.17) is 0 Å². The predicted molar refractivity (Wildman–Crippen MR) is 83.0 cm³/mol. The van der Waals surface area contributed by atoms with Gasteiger partial charge in [-0.05, 0) is 25.0 Å². The van der Waals surface area contributed by atoms with Crippen LogP contribution in [0.3, 0.4) is 0 Å². The molecule has 0 radical (unpaired) electrons. The van der Waals surface area contributed by atoms with Gasteiger partial charge in [-0.15, -0.1) is 0 Å². The molecular formula is C15H16BrOP. The Morgan fingerprint density at radius 3 is 1.61 bits per heavy atom. The lowest BCUT2D eigenvalue weighted by Gasteiger charge is -2.20. The van der Waals surface area contributed by atoms with Crippen molar-refractivity contribution < 1.29 is 4.57 Å². The van der Waals surface area contributed by atoms with Gasteiger partial charge in [0, 0.05) is 10.6 Å². The Labute approximate surface area is 117 Å². The largest absolute Gasteiger partial charge is 0.313 e. The highest BCUT2D eigenvalue weighted by Crippen LogP contribution is 2.46. The summed E-state index contributed by atoms with van der Waals surface area (Å²) in [7, 11) is -2.56. The first-order chi connectivity index (χ1) is 8.59. The maximum atomic E-state index is 13.4. The van der Waals surface area contributed by atoms with E-state index < -0.39 is 7.14 Å². The Morgan fingerprint density at radius 1 is 0.889 bits per heavy atom. The molecule has 0 unspecified atom stereocenters. The van der Waals surface area contributed by atoms with Crippen LogP contribution in [-0.2, 0) is 4.57 Å². The summed E-state index contributed by atoms with van der Waals surface area (Å²) in [6, 6.07) is 15.9. The summed E-state index contributed by atoms with van der Waals surface area (Å²) in [5.41, 5.74) is 2.17. The normalized spacial score (nSPS) is 11.5. The molecule has 0 fully saturated rings. The number of alkyl halides is 1. The first-order valence-electron chi connectivity index (χ1n) is 5.87. The highest BCUT2D eigenvalue weighted by molar-refractivity contribution is 9.10. The molecular weight excluding hydrogens is 307 g/mol. The van der Waals surface area contributed by atoms with Gasteiger partial charge in [-0.2, -0.15) is 0 Å². The van der Waals surface area contributed by atoms with Crippen molar-refractivity contribution >= 4 is 33.7 Å². The van der Waals surface area contributed by atoms with Crippen LogP contribution in [0, 0.1) is 13.8 Å². The standard InChI is InChI=1S/C15H16BrOP/c1-12-7-3-5-9-14(12)18(17,11-16)15-10-6-4-8-13(15)2/h3-10H,11H2,1-2H3. The van der Waals surface area contributed by atoms with Crippen LogP contribution in [0.5, 0.6) is 0 Å². The molecule has 0 aliphatic rings. The third-order valence-corrected chi connectivity index (χ3v) is 8.19. The van der Waals surface area contributed by atoms with Crippen LogP contribution in [-0.4, -0.2) is 5.07 Å². The molecule has 0 aliphatic heterocycles. The van der Waals surface area contributed by atoms with Crippen molar-refractivity contribution in [2.24, 2.45) is 0 Å². The molecule has 0 bridgehead atoms. The third kappa shape index (κ3) is 2.32. The Hall–Kier alpha value is -0.850. The zero-order valence-electron chi connectivity index (χ0n) is 10.6. The highest BCUT2D eigenvalue weighted by Gasteiger charge is 2.28. The van der Waals surface area contributed by atoms with Crippen LogP contribution in [0.2, 0.25) is 0 Å². The smallest absolute Gasteiger partial charge is 0.153 e. The summed E-state index contributed by atoms with van der Waals surface area (Å²) in [5, 5.41) is 2.39. The van der Waals surface area contributed by atoms with E-state index in [1.165, 1.54) is 0 Å². The van der Waals surface area contributed by atoms with Crippen molar-refractivity contribution in [3.63, 3.8) is 0 Å². The quantitative estimate of drug-likeness (QED) is 0.617. The van der Waals surface area contributed by atoms with E-state index in [-0.39, 0.29) is 0 Å². The summed E-state index contributed by atoms with van der Waals surface area (Å²) < 4.78 is 13.4. The molecule has 2 aromatic rings. The van der Waals surface area contributed by atoms with Crippen LogP contribution in [0.15, 0.2) is 48.5 Å². The average Bonchev–Trinajstić information content (AvgIpc) is 2.39. The molecule has 0 saturated carbocycles. The Morgan fingerprint density at radius 2 is 1.28 bits per heavy atom. The zero-order chi connectivity index (χ0) is 13.2. The lowest BCUT2D eigenvalue weighted by atomic mass is 10.2.